The van der Waals surface area contributed by atoms with Crippen molar-refractivity contribution in [2.45, 2.75) is 6.42 Å². The van der Waals surface area contributed by atoms with Crippen molar-refractivity contribution in [3.63, 3.8) is 0 Å². The van der Waals surface area contributed by atoms with E-state index in [-0.39, 0.29) is 17.8 Å². The highest BCUT2D eigenvalue weighted by Gasteiger charge is 2.11. The molecular formula is C18H13F2N3O2S. The molecule has 2 amide bonds. The number of nitrogens with zero attached hydrogens (tertiary/aromatic N) is 1. The van der Waals surface area contributed by atoms with Crippen LogP contribution >= 0.6 is 11.3 Å². The van der Waals surface area contributed by atoms with Gasteiger partial charge in [0.15, 0.2) is 0 Å². The van der Waals surface area contributed by atoms with Crippen molar-refractivity contribution in [3.05, 3.63) is 76.8 Å². The molecule has 2 aromatic carbocycles. The number of hydrazine groups is 1. The summed E-state index contributed by atoms with van der Waals surface area (Å²) in [6.07, 6.45) is -0.0461. The van der Waals surface area contributed by atoms with Gasteiger partial charge in [-0.3, -0.25) is 20.4 Å². The Balaban J connectivity index is 1.55. The largest absolute Gasteiger partial charge is 0.273 e. The number of hydrogen-bond donors (Lipinski definition) is 2. The number of carbonyl (C=O) groups excluding carboxylic acids is 2. The van der Waals surface area contributed by atoms with Gasteiger partial charge in [-0.15, -0.1) is 11.3 Å². The van der Waals surface area contributed by atoms with Gasteiger partial charge in [-0.05, 0) is 36.4 Å². The lowest BCUT2D eigenvalue weighted by Crippen LogP contribution is -2.42. The van der Waals surface area contributed by atoms with Crippen LogP contribution in [0.25, 0.3) is 10.6 Å². The first-order valence-electron chi connectivity index (χ1n) is 7.56. The predicted molar refractivity (Wildman–Crippen MR) is 93.2 cm³/mol. The SMILES string of the molecule is O=C(Cc1csc(-c2cccc(F)c2)n1)NNC(=O)c1ccc(F)cc1. The third kappa shape index (κ3) is 4.48. The molecule has 8 heteroatoms. The number of nitrogens with one attached hydrogen (secondary N) is 2. The normalized spacial score (nSPS) is 10.4. The van der Waals surface area contributed by atoms with Gasteiger partial charge >= 0.3 is 0 Å². The van der Waals surface area contributed by atoms with E-state index in [1.54, 1.807) is 17.5 Å². The Kier molecular flexibility index (Phi) is 5.33. The molecule has 0 fully saturated rings. The Morgan fingerprint density at radius 2 is 1.77 bits per heavy atom. The van der Waals surface area contributed by atoms with E-state index < -0.39 is 17.6 Å². The van der Waals surface area contributed by atoms with Crippen LogP contribution < -0.4 is 10.9 Å². The molecule has 0 saturated heterocycles. The van der Waals surface area contributed by atoms with Crippen molar-refractivity contribution in [1.29, 1.82) is 0 Å². The van der Waals surface area contributed by atoms with E-state index in [1.165, 1.54) is 35.6 Å². The van der Waals surface area contributed by atoms with Gasteiger partial charge in [-0.25, -0.2) is 13.8 Å². The molecule has 0 aliphatic rings. The molecule has 2 N–H and O–H groups in total. The molecular weight excluding hydrogens is 360 g/mol. The van der Waals surface area contributed by atoms with Crippen LogP contribution in [0, 0.1) is 11.6 Å². The van der Waals surface area contributed by atoms with E-state index in [1.807, 2.05) is 0 Å². The van der Waals surface area contributed by atoms with Crippen molar-refractivity contribution in [2.24, 2.45) is 0 Å². The van der Waals surface area contributed by atoms with Gasteiger partial charge in [-0.2, -0.15) is 0 Å². The summed E-state index contributed by atoms with van der Waals surface area (Å²) >= 11 is 1.30. The minimum Gasteiger partial charge on any atom is -0.273 e. The summed E-state index contributed by atoms with van der Waals surface area (Å²) < 4.78 is 26.1. The van der Waals surface area contributed by atoms with Crippen LogP contribution in [0.15, 0.2) is 53.9 Å². The summed E-state index contributed by atoms with van der Waals surface area (Å²) in [7, 11) is 0. The highest BCUT2D eigenvalue weighted by molar-refractivity contribution is 7.13. The average Bonchev–Trinajstić information content (AvgIpc) is 3.09. The van der Waals surface area contributed by atoms with Crippen LogP contribution in [-0.4, -0.2) is 16.8 Å². The van der Waals surface area contributed by atoms with Gasteiger partial charge in [0.25, 0.3) is 5.91 Å². The Hall–Kier alpha value is -3.13. The molecule has 0 unspecified atom stereocenters. The lowest BCUT2D eigenvalue weighted by molar-refractivity contribution is -0.121. The summed E-state index contributed by atoms with van der Waals surface area (Å²) in [5.41, 5.74) is 5.87. The van der Waals surface area contributed by atoms with Crippen molar-refractivity contribution in [3.8, 4) is 10.6 Å². The first-order chi connectivity index (χ1) is 12.5. The second-order valence-corrected chi connectivity index (χ2v) is 6.20. The number of benzene rings is 2. The quantitative estimate of drug-likeness (QED) is 0.691. The minimum absolute atomic E-state index is 0.0461. The van der Waals surface area contributed by atoms with Crippen LogP contribution in [-0.2, 0) is 11.2 Å². The summed E-state index contributed by atoms with van der Waals surface area (Å²) in [6, 6.07) is 10.9. The lowest BCUT2D eigenvalue weighted by Gasteiger charge is -2.06. The second kappa shape index (κ2) is 7.83. The third-order valence-corrected chi connectivity index (χ3v) is 4.33. The topological polar surface area (TPSA) is 71.1 Å². The fraction of sp³-hybridized carbons (Fsp3) is 0.0556. The third-order valence-electron chi connectivity index (χ3n) is 3.39. The number of halogens is 2. The predicted octanol–water partition coefficient (Wildman–Crippen LogP) is 3.09. The molecule has 1 aromatic heterocycles. The van der Waals surface area contributed by atoms with E-state index in [0.717, 1.165) is 12.1 Å². The molecule has 1 heterocycles. The number of rotatable bonds is 4. The fourth-order valence-corrected chi connectivity index (χ4v) is 2.97. The highest BCUT2D eigenvalue weighted by atomic mass is 32.1. The number of thiazole rings is 1. The van der Waals surface area contributed by atoms with Crippen LogP contribution in [0.3, 0.4) is 0 Å². The monoisotopic (exact) mass is 373 g/mol. The van der Waals surface area contributed by atoms with E-state index in [0.29, 0.717) is 16.3 Å². The number of aromatic nitrogens is 1. The molecule has 0 saturated carbocycles. The van der Waals surface area contributed by atoms with Crippen molar-refractivity contribution >= 4 is 23.2 Å². The smallest absolute Gasteiger partial charge is 0.269 e. The minimum atomic E-state index is -0.558. The van der Waals surface area contributed by atoms with Crippen molar-refractivity contribution in [2.75, 3.05) is 0 Å². The molecule has 0 aliphatic carbocycles. The summed E-state index contributed by atoms with van der Waals surface area (Å²) in [6.45, 7) is 0. The van der Waals surface area contributed by atoms with Crippen LogP contribution in [0.5, 0.6) is 0 Å². The molecule has 26 heavy (non-hydrogen) atoms. The van der Waals surface area contributed by atoms with E-state index in [9.17, 15) is 18.4 Å². The first-order valence-corrected chi connectivity index (χ1v) is 8.44. The number of hydrogen-bond acceptors (Lipinski definition) is 4. The molecule has 0 spiro atoms. The van der Waals surface area contributed by atoms with Gasteiger partial charge in [0.1, 0.15) is 16.6 Å². The highest BCUT2D eigenvalue weighted by Crippen LogP contribution is 2.24. The molecule has 0 aliphatic heterocycles. The van der Waals surface area contributed by atoms with Gasteiger partial charge < -0.3 is 0 Å². The zero-order chi connectivity index (χ0) is 18.5. The number of amides is 2. The van der Waals surface area contributed by atoms with Crippen LogP contribution in [0.2, 0.25) is 0 Å². The molecule has 132 valence electrons. The zero-order valence-corrected chi connectivity index (χ0v) is 14.1. The molecule has 3 aromatic rings. The zero-order valence-electron chi connectivity index (χ0n) is 13.3. The van der Waals surface area contributed by atoms with Crippen LogP contribution in [0.1, 0.15) is 16.1 Å². The van der Waals surface area contributed by atoms with E-state index in [2.05, 4.69) is 15.8 Å². The molecule has 5 nitrogen and oxygen atoms in total. The van der Waals surface area contributed by atoms with Gasteiger partial charge in [-0.1, -0.05) is 12.1 Å². The summed E-state index contributed by atoms with van der Waals surface area (Å²) in [5, 5.41) is 2.30. The summed E-state index contributed by atoms with van der Waals surface area (Å²) in [4.78, 5) is 28.1. The summed E-state index contributed by atoms with van der Waals surface area (Å²) in [5.74, 6) is -1.84. The second-order valence-electron chi connectivity index (χ2n) is 5.34. The van der Waals surface area contributed by atoms with Gasteiger partial charge in [0.2, 0.25) is 5.91 Å². The fourth-order valence-electron chi connectivity index (χ4n) is 2.15. The molecule has 0 radical (unpaired) electrons. The molecule has 0 atom stereocenters. The van der Waals surface area contributed by atoms with Crippen LogP contribution in [0.4, 0.5) is 8.78 Å². The maximum absolute atomic E-state index is 13.3. The Bertz CT molecular complexity index is 942. The first kappa shape index (κ1) is 17.7. The maximum Gasteiger partial charge on any atom is 0.269 e. The van der Waals surface area contributed by atoms with Gasteiger partial charge in [0.05, 0.1) is 12.1 Å². The molecule has 0 bridgehead atoms. The van der Waals surface area contributed by atoms with E-state index >= 15 is 0 Å². The molecule has 3 rings (SSSR count). The number of carbonyl (C=O) groups is 2. The Morgan fingerprint density at radius 3 is 2.50 bits per heavy atom. The van der Waals surface area contributed by atoms with E-state index in [4.69, 9.17) is 0 Å². The maximum atomic E-state index is 13.3. The Labute approximate surface area is 151 Å². The Morgan fingerprint density at radius 1 is 1.00 bits per heavy atom. The van der Waals surface area contributed by atoms with Crippen molar-refractivity contribution in [1.82, 2.24) is 15.8 Å². The lowest BCUT2D eigenvalue weighted by atomic mass is 10.2. The average molecular weight is 373 g/mol. The standard InChI is InChI=1S/C18H13F2N3O2S/c19-13-6-4-11(5-7-13)17(25)23-22-16(24)9-15-10-26-18(21-15)12-2-1-3-14(20)8-12/h1-8,10H,9H2,(H,22,24)(H,23,25). The van der Waals surface area contributed by atoms with Gasteiger partial charge in [0, 0.05) is 16.5 Å². The van der Waals surface area contributed by atoms with Crippen molar-refractivity contribution < 1.29 is 18.4 Å².